The van der Waals surface area contributed by atoms with Gasteiger partial charge in [-0.2, -0.15) is 0 Å². The Morgan fingerprint density at radius 3 is 2.36 bits per heavy atom. The van der Waals surface area contributed by atoms with Crippen molar-refractivity contribution >= 4 is 11.6 Å². The van der Waals surface area contributed by atoms with Crippen molar-refractivity contribution in [1.29, 1.82) is 0 Å². The Morgan fingerprint density at radius 1 is 0.955 bits per heavy atom. The highest BCUT2D eigenvalue weighted by molar-refractivity contribution is 6.04. The zero-order valence-electron chi connectivity index (χ0n) is 11.5. The van der Waals surface area contributed by atoms with Crippen molar-refractivity contribution in [2.75, 3.05) is 5.32 Å². The highest BCUT2D eigenvalue weighted by Crippen LogP contribution is 2.20. The van der Waals surface area contributed by atoms with Crippen LogP contribution in [0.4, 0.5) is 10.1 Å². The first-order valence-corrected chi connectivity index (χ1v) is 6.65. The van der Waals surface area contributed by atoms with Gasteiger partial charge in [0.1, 0.15) is 12.1 Å². The van der Waals surface area contributed by atoms with Crippen LogP contribution in [0.5, 0.6) is 0 Å². The first kappa shape index (κ1) is 13.9. The number of rotatable bonds is 3. The molecule has 0 fully saturated rings. The van der Waals surface area contributed by atoms with Gasteiger partial charge in [-0.3, -0.25) is 4.79 Å². The van der Waals surface area contributed by atoms with Gasteiger partial charge in [0.05, 0.1) is 0 Å². The van der Waals surface area contributed by atoms with Gasteiger partial charge in [-0.25, -0.2) is 14.4 Å². The maximum Gasteiger partial charge on any atom is 0.255 e. The Bertz CT molecular complexity index is 789. The van der Waals surface area contributed by atoms with Gasteiger partial charge in [-0.1, -0.05) is 18.2 Å². The van der Waals surface area contributed by atoms with E-state index in [0.29, 0.717) is 5.69 Å². The Hall–Kier alpha value is -3.08. The van der Waals surface area contributed by atoms with E-state index >= 15 is 0 Å². The summed E-state index contributed by atoms with van der Waals surface area (Å²) in [6, 6.07) is 12.8. The van der Waals surface area contributed by atoms with Gasteiger partial charge in [-0.15, -0.1) is 0 Å². The van der Waals surface area contributed by atoms with Gasteiger partial charge in [0.2, 0.25) is 0 Å². The van der Waals surface area contributed by atoms with Gasteiger partial charge in [-0.05, 0) is 35.9 Å². The third kappa shape index (κ3) is 3.15. The minimum Gasteiger partial charge on any atom is -0.322 e. The summed E-state index contributed by atoms with van der Waals surface area (Å²) in [5.41, 5.74) is 2.75. The highest BCUT2D eigenvalue weighted by atomic mass is 19.1. The number of aromatic nitrogens is 2. The lowest BCUT2D eigenvalue weighted by Gasteiger charge is -2.06. The fourth-order valence-electron chi connectivity index (χ4n) is 2.03. The predicted molar refractivity (Wildman–Crippen MR) is 81.8 cm³/mol. The van der Waals surface area contributed by atoms with E-state index in [0.717, 1.165) is 11.1 Å². The van der Waals surface area contributed by atoms with Crippen LogP contribution >= 0.6 is 0 Å². The number of anilines is 1. The fourth-order valence-corrected chi connectivity index (χ4v) is 2.03. The number of halogens is 1. The van der Waals surface area contributed by atoms with Crippen molar-refractivity contribution in [2.24, 2.45) is 0 Å². The molecule has 5 heteroatoms. The number of nitrogens with one attached hydrogen (secondary N) is 1. The Balaban J connectivity index is 1.75. The molecule has 0 spiro atoms. The molecule has 1 N–H and O–H groups in total. The Morgan fingerprint density at radius 2 is 1.68 bits per heavy atom. The largest absolute Gasteiger partial charge is 0.322 e. The van der Waals surface area contributed by atoms with Crippen LogP contribution in [-0.2, 0) is 0 Å². The van der Waals surface area contributed by atoms with E-state index in [1.807, 2.05) is 12.1 Å². The van der Waals surface area contributed by atoms with Crippen molar-refractivity contribution < 1.29 is 9.18 Å². The number of hydrogen-bond acceptors (Lipinski definition) is 3. The van der Waals surface area contributed by atoms with Gasteiger partial charge in [0.15, 0.2) is 0 Å². The van der Waals surface area contributed by atoms with E-state index in [-0.39, 0.29) is 11.5 Å². The third-order valence-corrected chi connectivity index (χ3v) is 3.12. The molecule has 0 aliphatic rings. The summed E-state index contributed by atoms with van der Waals surface area (Å²) in [6.07, 6.45) is 4.90. The molecule has 0 atom stereocenters. The Labute approximate surface area is 126 Å². The molecule has 1 heterocycles. The number of amides is 1. The summed E-state index contributed by atoms with van der Waals surface area (Å²) < 4.78 is 13.1. The smallest absolute Gasteiger partial charge is 0.255 e. The lowest BCUT2D eigenvalue weighted by Crippen LogP contribution is -2.11. The topological polar surface area (TPSA) is 54.9 Å². The summed E-state index contributed by atoms with van der Waals surface area (Å²) in [4.78, 5) is 20.0. The molecule has 0 bridgehead atoms. The minimum absolute atomic E-state index is 0.278. The molecular formula is C17H12FN3O. The fraction of sp³-hybridized carbons (Fsp3) is 0. The average Bonchev–Trinajstić information content (AvgIpc) is 2.56. The maximum absolute atomic E-state index is 13.1. The number of nitrogens with zero attached hydrogens (tertiary/aromatic N) is 2. The van der Waals surface area contributed by atoms with E-state index in [4.69, 9.17) is 0 Å². The van der Waals surface area contributed by atoms with Crippen molar-refractivity contribution in [3.05, 3.63) is 78.6 Å². The summed E-state index contributed by atoms with van der Waals surface area (Å²) in [6.45, 7) is 0. The second-order valence-electron chi connectivity index (χ2n) is 4.67. The van der Waals surface area contributed by atoms with Gasteiger partial charge >= 0.3 is 0 Å². The molecule has 1 amide bonds. The summed E-state index contributed by atoms with van der Waals surface area (Å²) in [5.74, 6) is -0.789. The summed E-state index contributed by atoms with van der Waals surface area (Å²) >= 11 is 0. The van der Waals surface area contributed by atoms with E-state index in [1.54, 1.807) is 30.6 Å². The maximum atomic E-state index is 13.1. The first-order chi connectivity index (χ1) is 10.7. The van der Waals surface area contributed by atoms with Crippen molar-refractivity contribution in [1.82, 2.24) is 9.97 Å². The molecule has 22 heavy (non-hydrogen) atoms. The minimum atomic E-state index is -0.438. The zero-order chi connectivity index (χ0) is 15.4. The molecule has 0 aliphatic heterocycles. The standard InChI is InChI=1S/C17H12FN3O/c18-15-3-1-2-13(8-15)17(22)21-16-6-4-12(5-7-16)14-9-19-11-20-10-14/h1-11H,(H,21,22). The molecule has 0 radical (unpaired) electrons. The van der Waals surface area contributed by atoms with Crippen LogP contribution in [0.15, 0.2) is 67.3 Å². The van der Waals surface area contributed by atoms with E-state index in [2.05, 4.69) is 15.3 Å². The highest BCUT2D eigenvalue weighted by Gasteiger charge is 2.07. The average molecular weight is 293 g/mol. The molecule has 2 aromatic carbocycles. The summed E-state index contributed by atoms with van der Waals surface area (Å²) in [7, 11) is 0. The number of hydrogen-bond donors (Lipinski definition) is 1. The lowest BCUT2D eigenvalue weighted by molar-refractivity contribution is 0.102. The molecule has 0 aliphatic carbocycles. The van der Waals surface area contributed by atoms with Crippen molar-refractivity contribution in [3.8, 4) is 11.1 Å². The van der Waals surface area contributed by atoms with Crippen LogP contribution in [0.3, 0.4) is 0 Å². The Kier molecular flexibility index (Phi) is 3.87. The van der Waals surface area contributed by atoms with Crippen LogP contribution in [0.2, 0.25) is 0 Å². The van der Waals surface area contributed by atoms with Crippen molar-refractivity contribution in [3.63, 3.8) is 0 Å². The van der Waals surface area contributed by atoms with Crippen LogP contribution in [0, 0.1) is 5.82 Å². The summed E-state index contributed by atoms with van der Waals surface area (Å²) in [5, 5.41) is 2.73. The number of carbonyl (C=O) groups is 1. The van der Waals surface area contributed by atoms with E-state index in [1.165, 1.54) is 24.5 Å². The second-order valence-corrected chi connectivity index (χ2v) is 4.67. The molecular weight excluding hydrogens is 281 g/mol. The molecule has 1 aromatic heterocycles. The zero-order valence-corrected chi connectivity index (χ0v) is 11.5. The quantitative estimate of drug-likeness (QED) is 0.803. The van der Waals surface area contributed by atoms with Gasteiger partial charge < -0.3 is 5.32 Å². The van der Waals surface area contributed by atoms with Gasteiger partial charge in [0, 0.05) is 29.2 Å². The molecule has 4 nitrogen and oxygen atoms in total. The molecule has 3 rings (SSSR count). The SMILES string of the molecule is O=C(Nc1ccc(-c2cncnc2)cc1)c1cccc(F)c1. The van der Waals surface area contributed by atoms with Crippen LogP contribution < -0.4 is 5.32 Å². The monoisotopic (exact) mass is 293 g/mol. The van der Waals surface area contributed by atoms with Gasteiger partial charge in [0.25, 0.3) is 5.91 Å². The molecule has 108 valence electrons. The molecule has 0 saturated heterocycles. The van der Waals surface area contributed by atoms with Crippen molar-refractivity contribution in [2.45, 2.75) is 0 Å². The normalized spacial score (nSPS) is 10.2. The van der Waals surface area contributed by atoms with E-state index in [9.17, 15) is 9.18 Å². The van der Waals surface area contributed by atoms with Crippen LogP contribution in [-0.4, -0.2) is 15.9 Å². The number of carbonyl (C=O) groups excluding carboxylic acids is 1. The third-order valence-electron chi connectivity index (χ3n) is 3.12. The van der Waals surface area contributed by atoms with Crippen LogP contribution in [0.1, 0.15) is 10.4 Å². The molecule has 3 aromatic rings. The second kappa shape index (κ2) is 6.13. The molecule has 0 saturated carbocycles. The molecule has 0 unspecified atom stereocenters. The van der Waals surface area contributed by atoms with E-state index < -0.39 is 5.82 Å². The number of benzene rings is 2. The van der Waals surface area contributed by atoms with Crippen LogP contribution in [0.25, 0.3) is 11.1 Å². The first-order valence-electron chi connectivity index (χ1n) is 6.65. The predicted octanol–water partition coefficient (Wildman–Crippen LogP) is 3.54. The lowest BCUT2D eigenvalue weighted by atomic mass is 10.1.